The number of anilines is 1. The molecule has 0 unspecified atom stereocenters. The van der Waals surface area contributed by atoms with Gasteiger partial charge in [0.1, 0.15) is 5.82 Å². The van der Waals surface area contributed by atoms with Crippen molar-refractivity contribution in [3.63, 3.8) is 0 Å². The summed E-state index contributed by atoms with van der Waals surface area (Å²) in [5.74, 6) is 0.418. The highest BCUT2D eigenvalue weighted by atomic mass is 16.1. The van der Waals surface area contributed by atoms with Gasteiger partial charge in [0.05, 0.1) is 24.0 Å². The Kier molecular flexibility index (Phi) is 3.92. The van der Waals surface area contributed by atoms with Gasteiger partial charge in [-0.2, -0.15) is 0 Å². The summed E-state index contributed by atoms with van der Waals surface area (Å²) in [6, 6.07) is 17.1. The Morgan fingerprint density at radius 3 is 2.80 bits per heavy atom. The average molecular weight is 329 g/mol. The van der Waals surface area contributed by atoms with Crippen LogP contribution in [0.4, 0.5) is 5.82 Å². The van der Waals surface area contributed by atoms with E-state index in [1.165, 1.54) is 0 Å². The zero-order chi connectivity index (χ0) is 17.1. The van der Waals surface area contributed by atoms with Crippen molar-refractivity contribution >= 4 is 22.9 Å². The molecule has 0 aliphatic rings. The van der Waals surface area contributed by atoms with Gasteiger partial charge in [-0.25, -0.2) is 15.0 Å². The minimum atomic E-state index is -0.0991. The van der Waals surface area contributed by atoms with Crippen molar-refractivity contribution in [2.45, 2.75) is 6.42 Å². The molecule has 4 rings (SSSR count). The maximum Gasteiger partial charge on any atom is 0.229 e. The van der Waals surface area contributed by atoms with Crippen LogP contribution in [0.5, 0.6) is 0 Å². The molecule has 0 saturated heterocycles. The topological polar surface area (TPSA) is 83.6 Å². The maximum atomic E-state index is 12.2. The van der Waals surface area contributed by atoms with Gasteiger partial charge in [-0.3, -0.25) is 4.79 Å². The molecule has 0 aliphatic heterocycles. The molecule has 0 fully saturated rings. The summed E-state index contributed by atoms with van der Waals surface area (Å²) in [5.41, 5.74) is 4.07. The molecule has 4 aromatic rings. The Morgan fingerprint density at radius 2 is 1.92 bits per heavy atom. The lowest BCUT2D eigenvalue weighted by Gasteiger charge is -2.07. The molecule has 6 heteroatoms. The van der Waals surface area contributed by atoms with Crippen LogP contribution in [0.25, 0.3) is 22.4 Å². The fourth-order valence-corrected chi connectivity index (χ4v) is 2.60. The standard InChI is InChI=1S/C19H15N5O/c25-18(9-13-5-2-1-3-6-13)24-17-8-4-7-15(23-17)14-10-16-19(20-11-14)22-12-21-16/h1-8,10-12H,9H2,(H,20,21,22)(H,23,24,25). The number of carbonyl (C=O) groups excluding carboxylic acids is 1. The highest BCUT2D eigenvalue weighted by Crippen LogP contribution is 2.20. The van der Waals surface area contributed by atoms with Crippen LogP contribution in [0.1, 0.15) is 5.56 Å². The second-order valence-corrected chi connectivity index (χ2v) is 5.62. The van der Waals surface area contributed by atoms with Gasteiger partial charge in [-0.15, -0.1) is 0 Å². The van der Waals surface area contributed by atoms with Gasteiger partial charge in [0.15, 0.2) is 5.65 Å². The summed E-state index contributed by atoms with van der Waals surface area (Å²) >= 11 is 0. The Bertz CT molecular complexity index is 1030. The average Bonchev–Trinajstić information content (AvgIpc) is 3.10. The number of fused-ring (bicyclic) bond motifs is 1. The quantitative estimate of drug-likeness (QED) is 0.602. The van der Waals surface area contributed by atoms with Crippen LogP contribution in [-0.2, 0) is 11.2 Å². The predicted molar refractivity (Wildman–Crippen MR) is 95.9 cm³/mol. The van der Waals surface area contributed by atoms with Crippen molar-refractivity contribution in [3.8, 4) is 11.3 Å². The number of pyridine rings is 2. The van der Waals surface area contributed by atoms with Crippen molar-refractivity contribution in [1.82, 2.24) is 19.9 Å². The van der Waals surface area contributed by atoms with Gasteiger partial charge in [-0.1, -0.05) is 36.4 Å². The molecule has 0 atom stereocenters. The molecule has 0 spiro atoms. The third-order valence-electron chi connectivity index (χ3n) is 3.79. The van der Waals surface area contributed by atoms with E-state index in [0.717, 1.165) is 22.3 Å². The molecular weight excluding hydrogens is 314 g/mol. The van der Waals surface area contributed by atoms with Gasteiger partial charge in [0.2, 0.25) is 5.91 Å². The largest absolute Gasteiger partial charge is 0.343 e. The summed E-state index contributed by atoms with van der Waals surface area (Å²) < 4.78 is 0. The van der Waals surface area contributed by atoms with Gasteiger partial charge in [0, 0.05) is 11.8 Å². The Morgan fingerprint density at radius 1 is 1.04 bits per heavy atom. The lowest BCUT2D eigenvalue weighted by Crippen LogP contribution is -2.15. The molecule has 6 nitrogen and oxygen atoms in total. The fourth-order valence-electron chi connectivity index (χ4n) is 2.60. The van der Waals surface area contributed by atoms with Crippen LogP contribution in [0.2, 0.25) is 0 Å². The summed E-state index contributed by atoms with van der Waals surface area (Å²) in [6.07, 6.45) is 3.64. The summed E-state index contributed by atoms with van der Waals surface area (Å²) in [4.78, 5) is 28.1. The smallest absolute Gasteiger partial charge is 0.229 e. The fraction of sp³-hybridized carbons (Fsp3) is 0.0526. The number of rotatable bonds is 4. The van der Waals surface area contributed by atoms with Crippen molar-refractivity contribution in [2.75, 3.05) is 5.32 Å². The number of benzene rings is 1. The van der Waals surface area contributed by atoms with E-state index in [1.807, 2.05) is 48.5 Å². The van der Waals surface area contributed by atoms with Crippen molar-refractivity contribution in [1.29, 1.82) is 0 Å². The molecule has 25 heavy (non-hydrogen) atoms. The van der Waals surface area contributed by atoms with E-state index >= 15 is 0 Å². The van der Waals surface area contributed by atoms with Crippen LogP contribution in [0.15, 0.2) is 67.1 Å². The summed E-state index contributed by atoms with van der Waals surface area (Å²) in [7, 11) is 0. The molecule has 1 aromatic carbocycles. The molecule has 3 heterocycles. The first kappa shape index (κ1) is 15.0. The van der Waals surface area contributed by atoms with Crippen molar-refractivity contribution in [2.24, 2.45) is 0 Å². The van der Waals surface area contributed by atoms with E-state index < -0.39 is 0 Å². The Balaban J connectivity index is 1.53. The highest BCUT2D eigenvalue weighted by Gasteiger charge is 2.08. The van der Waals surface area contributed by atoms with Gasteiger partial charge in [-0.05, 0) is 23.8 Å². The van der Waals surface area contributed by atoms with Crippen LogP contribution in [0.3, 0.4) is 0 Å². The number of aromatic amines is 1. The second kappa shape index (κ2) is 6.52. The monoisotopic (exact) mass is 329 g/mol. The maximum absolute atomic E-state index is 12.2. The van der Waals surface area contributed by atoms with Crippen molar-refractivity contribution < 1.29 is 4.79 Å². The first-order valence-corrected chi connectivity index (χ1v) is 7.88. The zero-order valence-electron chi connectivity index (χ0n) is 13.3. The SMILES string of the molecule is O=C(Cc1ccccc1)Nc1cccc(-c2cnc3nc[nH]c3c2)n1. The zero-order valence-corrected chi connectivity index (χ0v) is 13.3. The third-order valence-corrected chi connectivity index (χ3v) is 3.79. The van der Waals surface area contributed by atoms with Crippen molar-refractivity contribution in [3.05, 3.63) is 72.7 Å². The lowest BCUT2D eigenvalue weighted by molar-refractivity contribution is -0.115. The number of H-pyrrole nitrogens is 1. The molecule has 2 N–H and O–H groups in total. The van der Waals surface area contributed by atoms with E-state index in [-0.39, 0.29) is 5.91 Å². The number of hydrogen-bond acceptors (Lipinski definition) is 4. The van der Waals surface area contributed by atoms with E-state index in [9.17, 15) is 4.79 Å². The predicted octanol–water partition coefficient (Wildman–Crippen LogP) is 3.20. The molecule has 0 bridgehead atoms. The molecule has 3 aromatic heterocycles. The summed E-state index contributed by atoms with van der Waals surface area (Å²) in [6.45, 7) is 0. The molecule has 0 saturated carbocycles. The van der Waals surface area contributed by atoms with Crippen LogP contribution >= 0.6 is 0 Å². The molecule has 0 aliphatic carbocycles. The minimum absolute atomic E-state index is 0.0991. The number of hydrogen-bond donors (Lipinski definition) is 2. The highest BCUT2D eigenvalue weighted by molar-refractivity contribution is 5.91. The van der Waals surface area contributed by atoms with E-state index in [1.54, 1.807) is 18.6 Å². The molecule has 1 amide bonds. The van der Waals surface area contributed by atoms with E-state index in [2.05, 4.69) is 25.3 Å². The number of aromatic nitrogens is 4. The first-order valence-electron chi connectivity index (χ1n) is 7.88. The number of imidazole rings is 1. The molecular formula is C19H15N5O. The van der Waals surface area contributed by atoms with Crippen LogP contribution in [-0.4, -0.2) is 25.8 Å². The summed E-state index contributed by atoms with van der Waals surface area (Å²) in [5, 5.41) is 2.84. The van der Waals surface area contributed by atoms with Gasteiger partial charge < -0.3 is 10.3 Å². The first-order chi connectivity index (χ1) is 12.3. The van der Waals surface area contributed by atoms with Gasteiger partial charge in [0.25, 0.3) is 0 Å². The Hall–Kier alpha value is -3.54. The van der Waals surface area contributed by atoms with Crippen LogP contribution in [0, 0.1) is 0 Å². The Labute approximate surface area is 144 Å². The van der Waals surface area contributed by atoms with Gasteiger partial charge >= 0.3 is 0 Å². The second-order valence-electron chi connectivity index (χ2n) is 5.62. The minimum Gasteiger partial charge on any atom is -0.343 e. The number of carbonyl (C=O) groups is 1. The normalized spacial score (nSPS) is 10.7. The van der Waals surface area contributed by atoms with E-state index in [0.29, 0.717) is 17.9 Å². The number of nitrogens with one attached hydrogen (secondary N) is 2. The molecule has 0 radical (unpaired) electrons. The van der Waals surface area contributed by atoms with Crippen LogP contribution < -0.4 is 5.32 Å². The third kappa shape index (κ3) is 3.37. The number of amides is 1. The lowest BCUT2D eigenvalue weighted by atomic mass is 10.1. The number of nitrogens with zero attached hydrogens (tertiary/aromatic N) is 3. The molecule has 122 valence electrons. The van der Waals surface area contributed by atoms with E-state index in [4.69, 9.17) is 0 Å².